The van der Waals surface area contributed by atoms with Crippen molar-refractivity contribution in [3.05, 3.63) is 22.8 Å². The van der Waals surface area contributed by atoms with Gasteiger partial charge in [-0.2, -0.15) is 5.26 Å². The molecule has 1 aliphatic carbocycles. The van der Waals surface area contributed by atoms with Crippen LogP contribution in [0.1, 0.15) is 49.4 Å². The first-order chi connectivity index (χ1) is 11.6. The number of ether oxygens (including phenoxy) is 1. The third-order valence-corrected chi connectivity index (χ3v) is 4.25. The first kappa shape index (κ1) is 18.2. The van der Waals surface area contributed by atoms with Crippen molar-refractivity contribution in [3.8, 4) is 11.9 Å². The highest BCUT2D eigenvalue weighted by atomic mass is 35.5. The summed E-state index contributed by atoms with van der Waals surface area (Å²) in [4.78, 5) is 28.7. The lowest BCUT2D eigenvalue weighted by molar-refractivity contribution is -0.123. The number of nitriles is 1. The largest absolute Gasteiger partial charge is 0.477 e. The number of amides is 1. The molecule has 1 amide bonds. The van der Waals surface area contributed by atoms with Crippen molar-refractivity contribution in [3.63, 3.8) is 0 Å². The van der Waals surface area contributed by atoms with Gasteiger partial charge >= 0.3 is 0 Å². The number of Topliss-reactive ketones (excluding diaryl/α,β-unsaturated/α-hetero) is 1. The standard InChI is InChI=1S/C17H20ClN3O3/c1-2-24-17-14(18)8-11(10-20-17)15(22)13(9-19)16(23)21-12-6-4-3-5-7-12/h8,10,12-13H,2-7H2,1H3,(H,21,23)/t13-/m0/s1. The van der Waals surface area contributed by atoms with E-state index < -0.39 is 17.6 Å². The zero-order chi connectivity index (χ0) is 17.5. The summed E-state index contributed by atoms with van der Waals surface area (Å²) in [7, 11) is 0. The van der Waals surface area contributed by atoms with E-state index in [0.717, 1.165) is 32.1 Å². The minimum absolute atomic E-state index is 0.0388. The summed E-state index contributed by atoms with van der Waals surface area (Å²) in [6.07, 6.45) is 6.30. The lowest BCUT2D eigenvalue weighted by atomic mass is 9.93. The van der Waals surface area contributed by atoms with Crippen LogP contribution in [0.15, 0.2) is 12.3 Å². The Balaban J connectivity index is 2.09. The Morgan fingerprint density at radius 3 is 2.75 bits per heavy atom. The molecular weight excluding hydrogens is 330 g/mol. The van der Waals surface area contributed by atoms with Crippen LogP contribution in [-0.4, -0.2) is 29.3 Å². The number of nitrogens with one attached hydrogen (secondary N) is 1. The highest BCUT2D eigenvalue weighted by molar-refractivity contribution is 6.32. The van der Waals surface area contributed by atoms with Crippen LogP contribution in [-0.2, 0) is 4.79 Å². The average molecular weight is 350 g/mol. The number of hydrogen-bond acceptors (Lipinski definition) is 5. The minimum atomic E-state index is -1.40. The van der Waals surface area contributed by atoms with E-state index in [9.17, 15) is 14.9 Å². The lowest BCUT2D eigenvalue weighted by Crippen LogP contribution is -2.42. The van der Waals surface area contributed by atoms with Gasteiger partial charge in [-0.3, -0.25) is 9.59 Å². The monoisotopic (exact) mass is 349 g/mol. The highest BCUT2D eigenvalue weighted by Crippen LogP contribution is 2.24. The number of nitrogens with zero attached hydrogens (tertiary/aromatic N) is 2. The number of halogens is 1. The second kappa shape index (κ2) is 8.65. The molecule has 0 bridgehead atoms. The maximum absolute atomic E-state index is 12.5. The molecule has 2 rings (SSSR count). The number of carbonyl (C=O) groups is 2. The third kappa shape index (κ3) is 4.45. The fourth-order valence-electron chi connectivity index (χ4n) is 2.74. The Kier molecular flexibility index (Phi) is 6.56. The molecule has 1 fully saturated rings. The Labute approximate surface area is 146 Å². The smallest absolute Gasteiger partial charge is 0.245 e. The molecule has 0 aromatic carbocycles. The first-order valence-electron chi connectivity index (χ1n) is 8.09. The molecular formula is C17H20ClN3O3. The van der Waals surface area contributed by atoms with E-state index in [1.165, 1.54) is 12.3 Å². The summed E-state index contributed by atoms with van der Waals surface area (Å²) in [6.45, 7) is 2.18. The van der Waals surface area contributed by atoms with Crippen molar-refractivity contribution < 1.29 is 14.3 Å². The van der Waals surface area contributed by atoms with Crippen LogP contribution in [0.3, 0.4) is 0 Å². The van der Waals surface area contributed by atoms with Crippen molar-refractivity contribution in [2.45, 2.75) is 45.1 Å². The van der Waals surface area contributed by atoms with Crippen molar-refractivity contribution in [2.24, 2.45) is 5.92 Å². The topological polar surface area (TPSA) is 92.1 Å². The van der Waals surface area contributed by atoms with Gasteiger partial charge < -0.3 is 10.1 Å². The van der Waals surface area contributed by atoms with Gasteiger partial charge in [0.1, 0.15) is 5.02 Å². The third-order valence-electron chi connectivity index (χ3n) is 3.98. The Morgan fingerprint density at radius 1 is 1.46 bits per heavy atom. The average Bonchev–Trinajstić information content (AvgIpc) is 2.58. The number of ketones is 1. The summed E-state index contributed by atoms with van der Waals surface area (Å²) >= 11 is 6.01. The number of hydrogen-bond donors (Lipinski definition) is 1. The van der Waals surface area contributed by atoms with Crippen molar-refractivity contribution in [2.75, 3.05) is 6.61 Å². The van der Waals surface area contributed by atoms with Gasteiger partial charge in [-0.1, -0.05) is 30.9 Å². The summed E-state index contributed by atoms with van der Waals surface area (Å²) in [5, 5.41) is 12.2. The number of rotatable bonds is 6. The van der Waals surface area contributed by atoms with Crippen molar-refractivity contribution in [1.29, 1.82) is 5.26 Å². The van der Waals surface area contributed by atoms with Gasteiger partial charge in [0.2, 0.25) is 11.8 Å². The molecule has 1 saturated carbocycles. The Morgan fingerprint density at radius 2 is 2.17 bits per heavy atom. The van der Waals surface area contributed by atoms with Gasteiger partial charge in [0.25, 0.3) is 0 Å². The van der Waals surface area contributed by atoms with Crippen molar-refractivity contribution >= 4 is 23.3 Å². The fourth-order valence-corrected chi connectivity index (χ4v) is 2.96. The predicted octanol–water partition coefficient (Wildman–Crippen LogP) is 2.91. The molecule has 128 valence electrons. The van der Waals surface area contributed by atoms with E-state index in [0.29, 0.717) is 6.61 Å². The van der Waals surface area contributed by atoms with E-state index in [4.69, 9.17) is 16.3 Å². The molecule has 1 aromatic rings. The predicted molar refractivity (Wildman–Crippen MR) is 88.9 cm³/mol. The zero-order valence-corrected chi connectivity index (χ0v) is 14.3. The normalized spacial score (nSPS) is 16.0. The molecule has 0 unspecified atom stereocenters. The molecule has 0 spiro atoms. The van der Waals surface area contributed by atoms with Gasteiger partial charge in [-0.25, -0.2) is 4.98 Å². The molecule has 0 aliphatic heterocycles. The van der Waals surface area contributed by atoms with Gasteiger partial charge in [-0.05, 0) is 25.8 Å². The molecule has 0 radical (unpaired) electrons. The number of carbonyl (C=O) groups excluding carboxylic acids is 2. The van der Waals surface area contributed by atoms with Gasteiger partial charge in [0.05, 0.1) is 12.7 Å². The van der Waals surface area contributed by atoms with E-state index in [1.54, 1.807) is 13.0 Å². The van der Waals surface area contributed by atoms with Crippen LogP contribution in [0.25, 0.3) is 0 Å². The molecule has 1 atom stereocenters. The summed E-state index contributed by atoms with van der Waals surface area (Å²) < 4.78 is 5.21. The van der Waals surface area contributed by atoms with Crippen molar-refractivity contribution in [1.82, 2.24) is 10.3 Å². The molecule has 1 heterocycles. The minimum Gasteiger partial charge on any atom is -0.477 e. The van der Waals surface area contributed by atoms with E-state index in [-0.39, 0.29) is 22.5 Å². The highest BCUT2D eigenvalue weighted by Gasteiger charge is 2.30. The quantitative estimate of drug-likeness (QED) is 0.629. The molecule has 6 nitrogen and oxygen atoms in total. The maximum Gasteiger partial charge on any atom is 0.245 e. The Hall–Kier alpha value is -2.13. The Bertz CT molecular complexity index is 651. The summed E-state index contributed by atoms with van der Waals surface area (Å²) in [5.41, 5.74) is 0.119. The van der Waals surface area contributed by atoms with Crippen LogP contribution < -0.4 is 10.1 Å². The van der Waals surface area contributed by atoms with E-state index in [2.05, 4.69) is 10.3 Å². The number of aromatic nitrogens is 1. The maximum atomic E-state index is 12.5. The number of pyridine rings is 1. The molecule has 0 saturated heterocycles. The van der Waals surface area contributed by atoms with Crippen LogP contribution in [0.4, 0.5) is 0 Å². The molecule has 7 heteroatoms. The van der Waals surface area contributed by atoms with E-state index in [1.807, 2.05) is 0 Å². The molecule has 1 aliphatic rings. The second-order valence-electron chi connectivity index (χ2n) is 5.71. The van der Waals surface area contributed by atoms with Crippen LogP contribution in [0.2, 0.25) is 5.02 Å². The molecule has 1 aromatic heterocycles. The first-order valence-corrected chi connectivity index (χ1v) is 8.47. The lowest BCUT2D eigenvalue weighted by Gasteiger charge is -2.23. The summed E-state index contributed by atoms with van der Waals surface area (Å²) in [5.74, 6) is -2.35. The van der Waals surface area contributed by atoms with Crippen LogP contribution in [0.5, 0.6) is 5.88 Å². The zero-order valence-electron chi connectivity index (χ0n) is 13.5. The fraction of sp³-hybridized carbons (Fsp3) is 0.529. The van der Waals surface area contributed by atoms with Crippen LogP contribution >= 0.6 is 11.6 Å². The molecule has 24 heavy (non-hydrogen) atoms. The second-order valence-corrected chi connectivity index (χ2v) is 6.12. The summed E-state index contributed by atoms with van der Waals surface area (Å²) in [6, 6.07) is 3.20. The SMILES string of the molecule is CCOc1ncc(C(=O)[C@H](C#N)C(=O)NC2CCCCC2)cc1Cl. The van der Waals surface area contributed by atoms with Gasteiger partial charge in [-0.15, -0.1) is 0 Å². The van der Waals surface area contributed by atoms with E-state index >= 15 is 0 Å². The van der Waals surface area contributed by atoms with Crippen LogP contribution in [0, 0.1) is 17.2 Å². The van der Waals surface area contributed by atoms with Gasteiger partial charge in [0.15, 0.2) is 11.7 Å². The van der Waals surface area contributed by atoms with Gasteiger partial charge in [0, 0.05) is 17.8 Å². The molecule has 1 N–H and O–H groups in total.